The van der Waals surface area contributed by atoms with E-state index in [4.69, 9.17) is 9.51 Å². The van der Waals surface area contributed by atoms with Gasteiger partial charge in [-0.15, -0.1) is 11.3 Å². The lowest BCUT2D eigenvalue weighted by Gasteiger charge is -2.37. The normalized spacial score (nSPS) is 19.2. The Morgan fingerprint density at radius 3 is 2.29 bits per heavy atom. The quantitative estimate of drug-likeness (QED) is 0.108. The molecule has 3 saturated heterocycles. The number of hydrogen-bond acceptors (Lipinski definition) is 12. The predicted molar refractivity (Wildman–Crippen MR) is 269 cm³/mol. The molecule has 0 aliphatic carbocycles. The van der Waals surface area contributed by atoms with Gasteiger partial charge in [-0.25, -0.2) is 9.97 Å². The molecule has 0 bridgehead atoms. The molecule has 0 spiro atoms. The molecule has 3 fully saturated rings. The number of amides is 2. The number of aromatic nitrogens is 5. The van der Waals surface area contributed by atoms with Crippen molar-refractivity contribution in [2.75, 3.05) is 62.2 Å². The average Bonchev–Trinajstić information content (AvgIpc) is 4.19. The number of halogens is 2. The molecule has 5 aromatic heterocycles. The number of aliphatic hydroxyl groups excluding tert-OH is 1. The first kappa shape index (κ1) is 47.4. The van der Waals surface area contributed by atoms with Crippen LogP contribution in [0.25, 0.3) is 43.4 Å². The number of benzene rings is 2. The molecule has 17 heteroatoms. The number of anilines is 2. The van der Waals surface area contributed by atoms with Crippen molar-refractivity contribution in [2.45, 2.75) is 84.0 Å². The van der Waals surface area contributed by atoms with Crippen molar-refractivity contribution in [3.63, 3.8) is 0 Å². The fourth-order valence-corrected chi connectivity index (χ4v) is 11.5. The van der Waals surface area contributed by atoms with E-state index in [-0.39, 0.29) is 36.7 Å². The summed E-state index contributed by atoms with van der Waals surface area (Å²) in [6.45, 7) is 11.5. The van der Waals surface area contributed by atoms with Crippen LogP contribution >= 0.6 is 11.3 Å². The van der Waals surface area contributed by atoms with Gasteiger partial charge in [-0.2, -0.15) is 8.78 Å². The highest BCUT2D eigenvalue weighted by Crippen LogP contribution is 2.37. The van der Waals surface area contributed by atoms with Crippen molar-refractivity contribution in [1.82, 2.24) is 39.8 Å². The predicted octanol–water partition coefficient (Wildman–Crippen LogP) is 9.07. The van der Waals surface area contributed by atoms with Gasteiger partial charge in [0, 0.05) is 93.2 Å². The maximum atomic E-state index is 14.3. The number of β-amino-alcohol motifs (C(OH)–C–C–N with tert-alkyl or cyclic N) is 1. The van der Waals surface area contributed by atoms with Crippen LogP contribution in [-0.2, 0) is 9.59 Å². The lowest BCUT2D eigenvalue weighted by atomic mass is 9.91. The molecule has 2 amide bonds. The summed E-state index contributed by atoms with van der Waals surface area (Å²) in [6.07, 6.45) is 7.69. The van der Waals surface area contributed by atoms with Crippen LogP contribution in [0.3, 0.4) is 0 Å². The maximum absolute atomic E-state index is 14.3. The Bertz CT molecular complexity index is 2940. The smallest absolute Gasteiger partial charge is 0.319 e. The van der Waals surface area contributed by atoms with Gasteiger partial charge in [-0.05, 0) is 92.4 Å². The minimum atomic E-state index is -2.67. The lowest BCUT2D eigenvalue weighted by Crippen LogP contribution is -2.48. The van der Waals surface area contributed by atoms with Gasteiger partial charge in [0.25, 0.3) is 0 Å². The van der Waals surface area contributed by atoms with Crippen molar-refractivity contribution in [2.24, 2.45) is 11.8 Å². The fourth-order valence-electron chi connectivity index (χ4n) is 10.7. The van der Waals surface area contributed by atoms with Crippen LogP contribution in [0, 0.1) is 18.8 Å². The Morgan fingerprint density at radius 1 is 0.843 bits per heavy atom. The van der Waals surface area contributed by atoms with Crippen molar-refractivity contribution in [1.29, 1.82) is 0 Å². The van der Waals surface area contributed by atoms with Gasteiger partial charge < -0.3 is 29.6 Å². The number of nitrogens with one attached hydrogen (secondary N) is 1. The Morgan fingerprint density at radius 2 is 1.59 bits per heavy atom. The summed E-state index contributed by atoms with van der Waals surface area (Å²) in [5, 5.41) is 19.8. The van der Waals surface area contributed by atoms with Crippen molar-refractivity contribution >= 4 is 56.6 Å². The van der Waals surface area contributed by atoms with E-state index in [1.807, 2.05) is 100 Å². The number of carbonyl (C=O) groups is 2. The van der Waals surface area contributed by atoms with Crippen LogP contribution in [0.15, 0.2) is 95.4 Å². The van der Waals surface area contributed by atoms with E-state index in [1.165, 1.54) is 4.90 Å². The average molecular weight is 971 g/mol. The second kappa shape index (κ2) is 20.2. The van der Waals surface area contributed by atoms with Crippen LogP contribution in [0.4, 0.5) is 20.4 Å². The van der Waals surface area contributed by atoms with E-state index in [9.17, 15) is 23.5 Å². The van der Waals surface area contributed by atoms with Crippen LogP contribution in [-0.4, -0.2) is 116 Å². The summed E-state index contributed by atoms with van der Waals surface area (Å²) in [7, 11) is 0. The number of carbonyl (C=O) groups excluding carboxylic acids is 2. The van der Waals surface area contributed by atoms with Crippen LogP contribution in [0.2, 0.25) is 0 Å². The molecule has 0 radical (unpaired) electrons. The number of alkyl halides is 2. The zero-order chi connectivity index (χ0) is 48.6. The van der Waals surface area contributed by atoms with Gasteiger partial charge in [-0.3, -0.25) is 24.0 Å². The molecule has 0 saturated carbocycles. The zero-order valence-electron chi connectivity index (χ0n) is 40.0. The maximum Gasteiger partial charge on any atom is 0.319 e. The molecular weight excluding hydrogens is 911 g/mol. The Balaban J connectivity index is 0.688. The molecule has 2 N–H and O–H groups in total. The summed E-state index contributed by atoms with van der Waals surface area (Å²) in [6, 6.07) is 20.2. The first-order chi connectivity index (χ1) is 33.9. The van der Waals surface area contributed by atoms with Gasteiger partial charge in [-0.1, -0.05) is 55.4 Å². The Labute approximate surface area is 410 Å². The van der Waals surface area contributed by atoms with Gasteiger partial charge in [0.1, 0.15) is 17.8 Å². The number of rotatable bonds is 14. The minimum Gasteiger partial charge on any atom is -0.391 e. The van der Waals surface area contributed by atoms with Gasteiger partial charge >= 0.3 is 6.55 Å². The Hall–Kier alpha value is -6.30. The van der Waals surface area contributed by atoms with E-state index in [1.54, 1.807) is 29.8 Å². The molecule has 366 valence electrons. The number of aliphatic hydroxyl groups is 1. The summed E-state index contributed by atoms with van der Waals surface area (Å²) in [4.78, 5) is 51.2. The molecule has 3 aliphatic rings. The molecule has 7 aromatic rings. The highest BCUT2D eigenvalue weighted by Gasteiger charge is 2.44. The molecule has 70 heavy (non-hydrogen) atoms. The number of hydrogen-bond donors (Lipinski definition) is 2. The van der Waals surface area contributed by atoms with Crippen LogP contribution < -0.4 is 15.1 Å². The third-order valence-corrected chi connectivity index (χ3v) is 15.7. The van der Waals surface area contributed by atoms with E-state index < -0.39 is 24.6 Å². The monoisotopic (exact) mass is 970 g/mol. The first-order valence-corrected chi connectivity index (χ1v) is 25.4. The second-order valence-corrected chi connectivity index (χ2v) is 20.4. The molecule has 8 heterocycles. The zero-order valence-corrected chi connectivity index (χ0v) is 40.9. The molecule has 4 atom stereocenters. The number of piperidine rings is 1. The highest BCUT2D eigenvalue weighted by molar-refractivity contribution is 7.13. The van der Waals surface area contributed by atoms with Gasteiger partial charge in [0.15, 0.2) is 11.6 Å². The third-order valence-electron chi connectivity index (χ3n) is 14.8. The van der Waals surface area contributed by atoms with Crippen molar-refractivity contribution in [3.05, 3.63) is 108 Å². The largest absolute Gasteiger partial charge is 0.391 e. The standard InChI is InChI=1S/C53H60F2N10O4S/c1-32(2)49(52(68)64-30-40(66)26-45(64)51(67)59-33(3)36-5-7-37(8-6-36)50-34(4)58-31-70-50)46-27-48(60-69-46)63-23-21-61(22-24-63)18-14-35-15-19-62(20-16-35)47-12-10-39(28-57-47)38-9-11-41-42-29-56-17-13-43(42)65(53(54)55)44(41)25-38/h5-13,17,25,27-29,31-33,35,40,45,49,53,66H,14-16,18-24,26,30H2,1-4H3,(H,59,67)/t33-,40+,45-,49?/m0/s1. The molecule has 1 unspecified atom stereocenters. The molecule has 3 aliphatic heterocycles. The summed E-state index contributed by atoms with van der Waals surface area (Å²) in [5.74, 6) is 1.38. The number of piperazine rings is 1. The number of aryl methyl sites for hydroxylation is 1. The Kier molecular flexibility index (Phi) is 13.7. The summed E-state index contributed by atoms with van der Waals surface area (Å²) >= 11 is 1.59. The number of pyridine rings is 2. The molecule has 10 rings (SSSR count). The van der Waals surface area contributed by atoms with E-state index >= 15 is 0 Å². The van der Waals surface area contributed by atoms with E-state index in [0.29, 0.717) is 33.9 Å². The SMILES string of the molecule is Cc1ncsc1-c1ccc([C@H](C)NC(=O)[C@@H]2C[C@@H](O)CN2C(=O)C(c2cc(N3CCN(CCC4CCN(c5ccc(-c6ccc7c8cnccc8n(C(F)F)c7c6)cn5)CC4)CC3)no2)C(C)C)cc1. The van der Waals surface area contributed by atoms with Crippen molar-refractivity contribution < 1.29 is 28.0 Å². The van der Waals surface area contributed by atoms with Crippen LogP contribution in [0.1, 0.15) is 82.0 Å². The van der Waals surface area contributed by atoms with Gasteiger partial charge in [0.05, 0.1) is 39.3 Å². The number of thiazole rings is 1. The first-order valence-electron chi connectivity index (χ1n) is 24.5. The third kappa shape index (κ3) is 9.62. The number of nitrogens with zero attached hydrogens (tertiary/aromatic N) is 9. The summed E-state index contributed by atoms with van der Waals surface area (Å²) < 4.78 is 35.4. The molecular formula is C53H60F2N10O4S. The number of fused-ring (bicyclic) bond motifs is 3. The van der Waals surface area contributed by atoms with Crippen molar-refractivity contribution in [3.8, 4) is 21.6 Å². The second-order valence-electron chi connectivity index (χ2n) is 19.5. The molecule has 2 aromatic carbocycles. The highest BCUT2D eigenvalue weighted by atomic mass is 32.1. The van der Waals surface area contributed by atoms with Crippen LogP contribution in [0.5, 0.6) is 0 Å². The van der Waals surface area contributed by atoms with E-state index in [0.717, 1.165) is 114 Å². The minimum absolute atomic E-state index is 0.0752. The van der Waals surface area contributed by atoms with Gasteiger partial charge in [0.2, 0.25) is 11.8 Å². The van der Waals surface area contributed by atoms with E-state index in [2.05, 4.69) is 35.1 Å². The summed E-state index contributed by atoms with van der Waals surface area (Å²) in [5.41, 5.74) is 7.49. The topological polar surface area (TPSA) is 149 Å². The number of likely N-dealkylation sites (tertiary alicyclic amines) is 1. The lowest BCUT2D eigenvalue weighted by molar-refractivity contribution is -0.141. The fraction of sp³-hybridized carbons (Fsp3) is 0.434. The molecule has 14 nitrogen and oxygen atoms in total.